The van der Waals surface area contributed by atoms with Crippen LogP contribution in [0.15, 0.2) is 58.8 Å². The van der Waals surface area contributed by atoms with Crippen LogP contribution < -0.4 is 9.64 Å². The monoisotopic (exact) mass is 427 g/mol. The van der Waals surface area contributed by atoms with Crippen LogP contribution in [0.4, 0.5) is 5.95 Å². The van der Waals surface area contributed by atoms with E-state index in [-0.39, 0.29) is 11.7 Å². The Morgan fingerprint density at radius 1 is 1.15 bits per heavy atom. The number of H-pyrrole nitrogens is 1. The molecular weight excluding hydrogens is 414 g/mol. The number of amides is 1. The van der Waals surface area contributed by atoms with Gasteiger partial charge in [-0.3, -0.25) is 9.69 Å². The van der Waals surface area contributed by atoms with Gasteiger partial charge in [0.05, 0.1) is 13.2 Å². The van der Waals surface area contributed by atoms with Crippen molar-refractivity contribution in [2.24, 2.45) is 0 Å². The largest absolute Gasteiger partial charge is 0.503 e. The van der Waals surface area contributed by atoms with Gasteiger partial charge in [0, 0.05) is 10.0 Å². The number of ether oxygens (including phenoxy) is 1. The van der Waals surface area contributed by atoms with Crippen LogP contribution >= 0.6 is 15.9 Å². The number of rotatable bonds is 4. The maximum absolute atomic E-state index is 12.8. The Labute approximate surface area is 162 Å². The van der Waals surface area contributed by atoms with E-state index in [4.69, 9.17) is 4.74 Å². The molecule has 0 unspecified atom stereocenters. The summed E-state index contributed by atoms with van der Waals surface area (Å²) >= 11 is 3.41. The summed E-state index contributed by atoms with van der Waals surface area (Å²) in [5.41, 5.74) is 1.96. The fourth-order valence-corrected chi connectivity index (χ4v) is 3.36. The molecule has 1 amide bonds. The van der Waals surface area contributed by atoms with Crippen LogP contribution in [-0.4, -0.2) is 38.7 Å². The van der Waals surface area contributed by atoms with Gasteiger partial charge in [-0.05, 0) is 40.6 Å². The van der Waals surface area contributed by atoms with Crippen LogP contribution in [0.2, 0.25) is 0 Å². The molecule has 2 heterocycles. The molecule has 2 aromatic carbocycles. The summed E-state index contributed by atoms with van der Waals surface area (Å²) in [6.45, 7) is 0. The second kappa shape index (κ2) is 6.84. The molecule has 0 bridgehead atoms. The first kappa shape index (κ1) is 17.2. The molecule has 27 heavy (non-hydrogen) atoms. The van der Waals surface area contributed by atoms with Crippen molar-refractivity contribution in [3.05, 3.63) is 69.9 Å². The van der Waals surface area contributed by atoms with E-state index in [9.17, 15) is 9.90 Å². The lowest BCUT2D eigenvalue weighted by molar-refractivity contribution is -0.117. The summed E-state index contributed by atoms with van der Waals surface area (Å²) in [5, 5.41) is 24.4. The average Bonchev–Trinajstić information content (AvgIpc) is 3.30. The molecule has 1 aromatic heterocycles. The van der Waals surface area contributed by atoms with Gasteiger partial charge >= 0.3 is 0 Å². The van der Waals surface area contributed by atoms with Crippen LogP contribution in [0.5, 0.6) is 5.75 Å². The maximum atomic E-state index is 12.8. The Hall–Kier alpha value is -3.20. The zero-order chi connectivity index (χ0) is 19.0. The number of nitrogens with one attached hydrogen (secondary N) is 1. The molecule has 0 radical (unpaired) electrons. The number of methoxy groups -OCH3 is 1. The summed E-state index contributed by atoms with van der Waals surface area (Å²) in [4.78, 5) is 14.1. The third kappa shape index (κ3) is 2.95. The number of carbonyl (C=O) groups is 1. The number of hydrogen-bond donors (Lipinski definition) is 2. The van der Waals surface area contributed by atoms with E-state index >= 15 is 0 Å². The summed E-state index contributed by atoms with van der Waals surface area (Å²) in [7, 11) is 1.58. The van der Waals surface area contributed by atoms with Crippen molar-refractivity contribution in [1.82, 2.24) is 20.6 Å². The number of aromatic amines is 1. The molecule has 1 aliphatic rings. The molecule has 0 spiro atoms. The molecule has 0 saturated heterocycles. The highest BCUT2D eigenvalue weighted by atomic mass is 79.9. The summed E-state index contributed by atoms with van der Waals surface area (Å²) < 4.78 is 6.09. The maximum Gasteiger partial charge on any atom is 0.296 e. The smallest absolute Gasteiger partial charge is 0.296 e. The van der Waals surface area contributed by atoms with Crippen LogP contribution in [0.25, 0.3) is 5.57 Å². The van der Waals surface area contributed by atoms with E-state index in [0.29, 0.717) is 16.9 Å². The first-order valence-electron chi connectivity index (χ1n) is 8.00. The molecule has 4 rings (SSSR count). The Morgan fingerprint density at radius 2 is 1.85 bits per heavy atom. The topological polar surface area (TPSA) is 104 Å². The Balaban J connectivity index is 1.87. The number of benzene rings is 2. The zero-order valence-electron chi connectivity index (χ0n) is 14.1. The number of aliphatic hydroxyl groups is 1. The van der Waals surface area contributed by atoms with Gasteiger partial charge in [-0.2, -0.15) is 5.21 Å². The van der Waals surface area contributed by atoms with E-state index in [1.807, 2.05) is 24.3 Å². The van der Waals surface area contributed by atoms with Crippen molar-refractivity contribution in [3.63, 3.8) is 0 Å². The first-order chi connectivity index (χ1) is 13.1. The number of anilines is 1. The molecule has 2 N–H and O–H groups in total. The minimum absolute atomic E-state index is 0.0861. The van der Waals surface area contributed by atoms with Gasteiger partial charge in [0.1, 0.15) is 5.75 Å². The third-order valence-corrected chi connectivity index (χ3v) is 4.87. The molecule has 136 valence electrons. The number of nitrogens with zero attached hydrogens (tertiary/aromatic N) is 4. The lowest BCUT2D eigenvalue weighted by Gasteiger charge is -2.24. The van der Waals surface area contributed by atoms with Gasteiger partial charge in [-0.1, -0.05) is 45.3 Å². The van der Waals surface area contributed by atoms with Gasteiger partial charge in [0.2, 0.25) is 0 Å². The van der Waals surface area contributed by atoms with Crippen molar-refractivity contribution < 1.29 is 14.6 Å². The zero-order valence-corrected chi connectivity index (χ0v) is 15.7. The predicted molar refractivity (Wildman–Crippen MR) is 101 cm³/mol. The molecule has 9 heteroatoms. The summed E-state index contributed by atoms with van der Waals surface area (Å²) in [6, 6.07) is 14.0. The van der Waals surface area contributed by atoms with Crippen molar-refractivity contribution in [2.75, 3.05) is 12.0 Å². The molecule has 1 atom stereocenters. The molecule has 1 aliphatic heterocycles. The lowest BCUT2D eigenvalue weighted by Crippen LogP contribution is -2.31. The number of carbonyl (C=O) groups excluding carboxylic acids is 1. The minimum Gasteiger partial charge on any atom is -0.503 e. The van der Waals surface area contributed by atoms with Gasteiger partial charge in [-0.15, -0.1) is 5.10 Å². The fraction of sp³-hybridized carbons (Fsp3) is 0.111. The molecular formula is C18H14BrN5O3. The van der Waals surface area contributed by atoms with Gasteiger partial charge < -0.3 is 9.84 Å². The van der Waals surface area contributed by atoms with Crippen LogP contribution in [0.1, 0.15) is 17.2 Å². The minimum atomic E-state index is -0.600. The average molecular weight is 428 g/mol. The van der Waals surface area contributed by atoms with E-state index in [0.717, 1.165) is 10.0 Å². The summed E-state index contributed by atoms with van der Waals surface area (Å²) in [5.74, 6) is -0.172. The summed E-state index contributed by atoms with van der Waals surface area (Å²) in [6.07, 6.45) is 0. The van der Waals surface area contributed by atoms with Gasteiger partial charge in [0.15, 0.2) is 5.76 Å². The Morgan fingerprint density at radius 3 is 2.44 bits per heavy atom. The highest BCUT2D eigenvalue weighted by Crippen LogP contribution is 2.44. The van der Waals surface area contributed by atoms with E-state index in [1.54, 1.807) is 31.4 Å². The molecule has 0 saturated carbocycles. The van der Waals surface area contributed by atoms with Crippen molar-refractivity contribution >= 4 is 33.4 Å². The molecule has 8 nitrogen and oxygen atoms in total. The second-order valence-corrected chi connectivity index (χ2v) is 6.75. The number of aliphatic hydroxyl groups excluding tert-OH is 1. The molecule has 0 aliphatic carbocycles. The second-order valence-electron chi connectivity index (χ2n) is 5.83. The van der Waals surface area contributed by atoms with E-state index in [1.165, 1.54) is 4.90 Å². The van der Waals surface area contributed by atoms with Crippen molar-refractivity contribution in [3.8, 4) is 5.75 Å². The van der Waals surface area contributed by atoms with Crippen LogP contribution in [0, 0.1) is 0 Å². The van der Waals surface area contributed by atoms with Crippen LogP contribution in [-0.2, 0) is 4.79 Å². The SMILES string of the molecule is COc1ccc(C2=C(O)C(=O)N(c3nn[nH]n3)[C@@H]2c2ccc(Br)cc2)cc1. The predicted octanol–water partition coefficient (Wildman–Crippen LogP) is 3.03. The standard InChI is InChI=1S/C18H14BrN5O3/c1-27-13-8-4-10(5-9-13)14-15(11-2-6-12(19)7-3-11)24(17(26)16(14)25)18-20-22-23-21-18/h2-9,15,25H,1H3,(H,20,21,22,23)/t15-/m1/s1. The quantitative estimate of drug-likeness (QED) is 0.662. The Kier molecular flexibility index (Phi) is 4.36. The Bertz CT molecular complexity index is 1000. The van der Waals surface area contributed by atoms with E-state index < -0.39 is 11.9 Å². The number of tetrazole rings is 1. The van der Waals surface area contributed by atoms with Crippen LogP contribution in [0.3, 0.4) is 0 Å². The fourth-order valence-electron chi connectivity index (χ4n) is 3.10. The number of halogens is 1. The highest BCUT2D eigenvalue weighted by Gasteiger charge is 2.43. The van der Waals surface area contributed by atoms with Gasteiger partial charge in [0.25, 0.3) is 11.9 Å². The van der Waals surface area contributed by atoms with E-state index in [2.05, 4.69) is 36.6 Å². The van der Waals surface area contributed by atoms with Crippen molar-refractivity contribution in [1.29, 1.82) is 0 Å². The van der Waals surface area contributed by atoms with Gasteiger partial charge in [-0.25, -0.2) is 0 Å². The first-order valence-corrected chi connectivity index (χ1v) is 8.79. The lowest BCUT2D eigenvalue weighted by atomic mass is 9.93. The third-order valence-electron chi connectivity index (χ3n) is 4.34. The normalized spacial score (nSPS) is 16.9. The molecule has 0 fully saturated rings. The number of aromatic nitrogens is 4. The van der Waals surface area contributed by atoms with Crippen molar-refractivity contribution in [2.45, 2.75) is 6.04 Å². The molecule has 3 aromatic rings. The number of hydrogen-bond acceptors (Lipinski definition) is 6. The highest BCUT2D eigenvalue weighted by molar-refractivity contribution is 9.10.